The lowest BCUT2D eigenvalue weighted by molar-refractivity contribution is 0.101. The molecule has 0 unspecified atom stereocenters. The molecule has 1 amide bonds. The van der Waals surface area contributed by atoms with Crippen molar-refractivity contribution in [1.82, 2.24) is 0 Å². The number of hydrogen-bond donors (Lipinski definition) is 0. The third kappa shape index (κ3) is 2.22. The molecular formula is C11H11NO2S. The van der Waals surface area contributed by atoms with Gasteiger partial charge in [-0.05, 0) is 37.3 Å². The van der Waals surface area contributed by atoms with Gasteiger partial charge >= 0.3 is 0 Å². The minimum atomic E-state index is -0.455. The summed E-state index contributed by atoms with van der Waals surface area (Å²) in [5.74, 6) is -0.455. The van der Waals surface area contributed by atoms with Crippen LogP contribution in [0.5, 0.6) is 0 Å². The summed E-state index contributed by atoms with van der Waals surface area (Å²) in [6.07, 6.45) is 7.03. The lowest BCUT2D eigenvalue weighted by atomic mass is 10.1. The highest BCUT2D eigenvalue weighted by Gasteiger charge is 2.15. The van der Waals surface area contributed by atoms with Crippen LogP contribution in [0.1, 0.15) is 39.4 Å². The number of rotatable bonds is 1. The fraction of sp³-hybridized carbons (Fsp3) is 0.455. The molecule has 0 fully saturated rings. The number of fused-ring (bicyclic) bond motifs is 1. The summed E-state index contributed by atoms with van der Waals surface area (Å²) in [4.78, 5) is 26.3. The van der Waals surface area contributed by atoms with Gasteiger partial charge < -0.3 is 0 Å². The first-order valence-corrected chi connectivity index (χ1v) is 5.86. The second kappa shape index (κ2) is 4.51. The third-order valence-electron chi connectivity index (χ3n) is 2.60. The molecule has 0 aromatic carbocycles. The van der Waals surface area contributed by atoms with Gasteiger partial charge in [0.25, 0.3) is 5.91 Å². The van der Waals surface area contributed by atoms with Crippen molar-refractivity contribution in [1.29, 1.82) is 0 Å². The maximum atomic E-state index is 11.3. The minimum Gasteiger partial charge on any atom is -0.265 e. The summed E-state index contributed by atoms with van der Waals surface area (Å²) in [5, 5.41) is 0. The quantitative estimate of drug-likeness (QED) is 0.415. The van der Waals surface area contributed by atoms with Gasteiger partial charge in [0, 0.05) is 4.88 Å². The van der Waals surface area contributed by atoms with Gasteiger partial charge in [0.2, 0.25) is 6.08 Å². The van der Waals surface area contributed by atoms with E-state index in [0.717, 1.165) is 12.8 Å². The monoisotopic (exact) mass is 221 g/mol. The van der Waals surface area contributed by atoms with E-state index in [4.69, 9.17) is 0 Å². The fourth-order valence-electron chi connectivity index (χ4n) is 1.87. The molecule has 0 N–H and O–H groups in total. The van der Waals surface area contributed by atoms with Gasteiger partial charge in [-0.2, -0.15) is 0 Å². The van der Waals surface area contributed by atoms with Crippen LogP contribution in [0.4, 0.5) is 0 Å². The molecule has 3 nitrogen and oxygen atoms in total. The topological polar surface area (TPSA) is 46.5 Å². The van der Waals surface area contributed by atoms with Crippen LogP contribution < -0.4 is 0 Å². The van der Waals surface area contributed by atoms with Gasteiger partial charge in [0.1, 0.15) is 0 Å². The summed E-state index contributed by atoms with van der Waals surface area (Å²) in [7, 11) is 0. The zero-order chi connectivity index (χ0) is 10.7. The number of carbonyl (C=O) groups excluding carboxylic acids is 2. The Labute approximate surface area is 91.8 Å². The lowest BCUT2D eigenvalue weighted by Crippen LogP contribution is -1.89. The SMILES string of the molecule is O=C=NC(=O)c1cc2c(s1)CCCCC2. The first kappa shape index (κ1) is 10.3. The highest BCUT2D eigenvalue weighted by atomic mass is 32.1. The fourth-order valence-corrected chi connectivity index (χ4v) is 3.01. The Morgan fingerprint density at radius 2 is 2.13 bits per heavy atom. The maximum Gasteiger partial charge on any atom is 0.297 e. The molecule has 0 spiro atoms. The van der Waals surface area contributed by atoms with Gasteiger partial charge in [-0.15, -0.1) is 16.3 Å². The molecule has 0 atom stereocenters. The van der Waals surface area contributed by atoms with E-state index < -0.39 is 5.91 Å². The second-order valence-electron chi connectivity index (χ2n) is 3.63. The van der Waals surface area contributed by atoms with Crippen molar-refractivity contribution in [3.63, 3.8) is 0 Å². The Morgan fingerprint density at radius 3 is 2.93 bits per heavy atom. The number of carbonyl (C=O) groups is 1. The molecule has 0 radical (unpaired) electrons. The highest BCUT2D eigenvalue weighted by molar-refractivity contribution is 7.14. The molecule has 1 aromatic rings. The van der Waals surface area contributed by atoms with Crippen molar-refractivity contribution < 1.29 is 9.59 Å². The first-order valence-electron chi connectivity index (χ1n) is 5.05. The van der Waals surface area contributed by atoms with E-state index in [9.17, 15) is 9.59 Å². The standard InChI is InChI=1S/C11H11NO2S/c13-7-12-11(14)10-6-8-4-2-1-3-5-9(8)15-10/h6H,1-5H2. The molecule has 1 heterocycles. The Balaban J connectivity index is 2.29. The van der Waals surface area contributed by atoms with Crippen molar-refractivity contribution >= 4 is 23.3 Å². The van der Waals surface area contributed by atoms with Gasteiger partial charge in [-0.3, -0.25) is 4.79 Å². The van der Waals surface area contributed by atoms with Crippen LogP contribution >= 0.6 is 11.3 Å². The van der Waals surface area contributed by atoms with Crippen LogP contribution in [0, 0.1) is 0 Å². The Kier molecular flexibility index (Phi) is 3.09. The van der Waals surface area contributed by atoms with E-state index >= 15 is 0 Å². The normalized spacial score (nSPS) is 14.9. The molecule has 78 valence electrons. The summed E-state index contributed by atoms with van der Waals surface area (Å²) >= 11 is 1.47. The maximum absolute atomic E-state index is 11.3. The molecule has 0 bridgehead atoms. The zero-order valence-electron chi connectivity index (χ0n) is 8.28. The van der Waals surface area contributed by atoms with Gasteiger partial charge in [0.15, 0.2) is 0 Å². The van der Waals surface area contributed by atoms with Crippen LogP contribution in [-0.2, 0) is 17.6 Å². The lowest BCUT2D eigenvalue weighted by Gasteiger charge is -1.92. The van der Waals surface area contributed by atoms with Crippen LogP contribution in [0.15, 0.2) is 11.1 Å². The number of thiophene rings is 1. The Bertz CT molecular complexity index is 406. The zero-order valence-corrected chi connectivity index (χ0v) is 9.10. The Morgan fingerprint density at radius 1 is 1.33 bits per heavy atom. The van der Waals surface area contributed by atoms with Gasteiger partial charge in [0.05, 0.1) is 4.88 Å². The van der Waals surface area contributed by atoms with Crippen LogP contribution in [0.3, 0.4) is 0 Å². The van der Waals surface area contributed by atoms with E-state index in [-0.39, 0.29) is 0 Å². The number of isocyanates is 1. The molecule has 0 aliphatic heterocycles. The van der Waals surface area contributed by atoms with Crippen molar-refractivity contribution in [2.75, 3.05) is 0 Å². The molecule has 0 saturated heterocycles. The number of amides is 1. The van der Waals surface area contributed by atoms with Crippen molar-refractivity contribution in [2.24, 2.45) is 4.99 Å². The second-order valence-corrected chi connectivity index (χ2v) is 4.76. The molecule has 1 aliphatic carbocycles. The van der Waals surface area contributed by atoms with E-state index in [1.807, 2.05) is 6.07 Å². The van der Waals surface area contributed by atoms with E-state index in [1.165, 1.54) is 47.1 Å². The summed E-state index contributed by atoms with van der Waals surface area (Å²) in [6.45, 7) is 0. The third-order valence-corrected chi connectivity index (χ3v) is 3.83. The minimum absolute atomic E-state index is 0.455. The van der Waals surface area contributed by atoms with Crippen molar-refractivity contribution in [3.05, 3.63) is 21.4 Å². The molecule has 1 aliphatic rings. The molecule has 1 aromatic heterocycles. The summed E-state index contributed by atoms with van der Waals surface area (Å²) in [5.41, 5.74) is 1.27. The smallest absolute Gasteiger partial charge is 0.265 e. The van der Waals surface area contributed by atoms with E-state index in [1.54, 1.807) is 0 Å². The molecule has 0 saturated carbocycles. The van der Waals surface area contributed by atoms with Gasteiger partial charge in [-0.1, -0.05) is 6.42 Å². The van der Waals surface area contributed by atoms with Gasteiger partial charge in [-0.25, -0.2) is 4.79 Å². The highest BCUT2D eigenvalue weighted by Crippen LogP contribution is 2.29. The van der Waals surface area contributed by atoms with E-state index in [0.29, 0.717) is 4.88 Å². The average molecular weight is 221 g/mol. The van der Waals surface area contributed by atoms with E-state index in [2.05, 4.69) is 4.99 Å². The number of aliphatic imine (C=N–C) groups is 1. The first-order chi connectivity index (χ1) is 7.31. The summed E-state index contributed by atoms with van der Waals surface area (Å²) < 4.78 is 0. The molecule has 4 heteroatoms. The molecule has 15 heavy (non-hydrogen) atoms. The molecule has 2 rings (SSSR count). The number of nitrogens with zero attached hydrogens (tertiary/aromatic N) is 1. The van der Waals surface area contributed by atoms with Crippen molar-refractivity contribution in [3.8, 4) is 0 Å². The van der Waals surface area contributed by atoms with Crippen LogP contribution in [0.25, 0.3) is 0 Å². The summed E-state index contributed by atoms with van der Waals surface area (Å²) in [6, 6.07) is 1.88. The number of aryl methyl sites for hydroxylation is 2. The van der Waals surface area contributed by atoms with Crippen LogP contribution in [-0.4, -0.2) is 12.0 Å². The van der Waals surface area contributed by atoms with Crippen LogP contribution in [0.2, 0.25) is 0 Å². The predicted octanol–water partition coefficient (Wildman–Crippen LogP) is 2.49. The van der Waals surface area contributed by atoms with Crippen molar-refractivity contribution in [2.45, 2.75) is 32.1 Å². The largest absolute Gasteiger partial charge is 0.297 e. The average Bonchev–Trinajstić information content (AvgIpc) is 2.51. The Hall–Kier alpha value is -1.25. The number of hydrogen-bond acceptors (Lipinski definition) is 3. The molecular weight excluding hydrogens is 210 g/mol. The predicted molar refractivity (Wildman–Crippen MR) is 58.0 cm³/mol.